The number of hydrogen-bond donors (Lipinski definition) is 1. The Bertz CT molecular complexity index is 560. The van der Waals surface area contributed by atoms with Crippen LogP contribution in [0.2, 0.25) is 5.02 Å². The van der Waals surface area contributed by atoms with Crippen LogP contribution in [0.4, 0.5) is 0 Å². The number of halogens is 1. The largest absolute Gasteiger partial charge is 0.306 e. The van der Waals surface area contributed by atoms with Crippen LogP contribution in [0.3, 0.4) is 0 Å². The smallest absolute Gasteiger partial charge is 0.0779 e. The fourth-order valence-corrected chi connectivity index (χ4v) is 3.33. The highest BCUT2D eigenvalue weighted by Gasteiger charge is 2.31. The lowest BCUT2D eigenvalue weighted by atomic mass is 9.91. The zero-order chi connectivity index (χ0) is 12.5. The van der Waals surface area contributed by atoms with Crippen molar-refractivity contribution >= 4 is 28.6 Å². The van der Waals surface area contributed by atoms with Gasteiger partial charge in [0, 0.05) is 9.90 Å². The highest BCUT2D eigenvalue weighted by atomic mass is 35.5. The lowest BCUT2D eigenvalue weighted by Crippen LogP contribution is -2.24. The number of nitrogens with zero attached hydrogens (tertiary/aromatic N) is 1. The molecule has 92 valence electrons. The number of nitrogens with one attached hydrogen (secondary N) is 1. The topological polar surface area (TPSA) is 24.4 Å². The van der Waals surface area contributed by atoms with Crippen LogP contribution in [-0.4, -0.2) is 11.8 Å². The molecule has 0 bridgehead atoms. The summed E-state index contributed by atoms with van der Waals surface area (Å²) in [6.07, 6.45) is 0. The van der Waals surface area contributed by atoms with E-state index < -0.39 is 0 Å². The number of thiophene rings is 1. The Balaban J connectivity index is 1.98. The quantitative estimate of drug-likeness (QED) is 0.884. The predicted octanol–water partition coefficient (Wildman–Crippen LogP) is 3.88. The molecule has 0 aliphatic carbocycles. The van der Waals surface area contributed by atoms with E-state index >= 15 is 0 Å². The van der Waals surface area contributed by atoms with Gasteiger partial charge in [-0.25, -0.2) is 0 Å². The molecule has 0 spiro atoms. The lowest BCUT2D eigenvalue weighted by Gasteiger charge is -2.15. The van der Waals surface area contributed by atoms with Crippen molar-refractivity contribution in [3.05, 3.63) is 57.2 Å². The van der Waals surface area contributed by atoms with Gasteiger partial charge in [0.1, 0.15) is 0 Å². The van der Waals surface area contributed by atoms with Crippen LogP contribution in [0, 0.1) is 0 Å². The van der Waals surface area contributed by atoms with Gasteiger partial charge < -0.3 is 5.43 Å². The van der Waals surface area contributed by atoms with E-state index in [0.717, 1.165) is 16.3 Å². The third-order valence-corrected chi connectivity index (χ3v) is 4.38. The van der Waals surface area contributed by atoms with Crippen LogP contribution in [0.1, 0.15) is 23.3 Å². The zero-order valence-corrected chi connectivity index (χ0v) is 11.5. The molecule has 0 saturated heterocycles. The monoisotopic (exact) mass is 276 g/mol. The summed E-state index contributed by atoms with van der Waals surface area (Å²) in [5.41, 5.74) is 5.42. The van der Waals surface area contributed by atoms with Gasteiger partial charge in [0.25, 0.3) is 0 Å². The van der Waals surface area contributed by atoms with Crippen LogP contribution in [0.25, 0.3) is 0 Å². The second-order valence-corrected chi connectivity index (χ2v) is 5.83. The normalized spacial score (nSPS) is 22.7. The van der Waals surface area contributed by atoms with Crippen LogP contribution in [0.15, 0.2) is 46.9 Å². The van der Waals surface area contributed by atoms with Gasteiger partial charge in [0.05, 0.1) is 17.7 Å². The molecule has 1 aliphatic heterocycles. The molecule has 3 rings (SSSR count). The molecule has 2 heterocycles. The molecule has 18 heavy (non-hydrogen) atoms. The summed E-state index contributed by atoms with van der Waals surface area (Å²) in [6, 6.07) is 12.5. The fourth-order valence-electron chi connectivity index (χ4n) is 2.27. The first-order valence-corrected chi connectivity index (χ1v) is 7.14. The average Bonchev–Trinajstić information content (AvgIpc) is 2.99. The van der Waals surface area contributed by atoms with E-state index in [1.165, 1.54) is 4.88 Å². The van der Waals surface area contributed by atoms with E-state index in [1.807, 2.05) is 24.3 Å². The Morgan fingerprint density at radius 1 is 1.22 bits per heavy atom. The second-order valence-electron chi connectivity index (χ2n) is 4.41. The molecular formula is C14H13ClN2S. The van der Waals surface area contributed by atoms with Crippen molar-refractivity contribution in [2.24, 2.45) is 5.10 Å². The summed E-state index contributed by atoms with van der Waals surface area (Å²) in [5.74, 6) is 0.325. The molecule has 2 unspecified atom stereocenters. The van der Waals surface area contributed by atoms with E-state index in [2.05, 4.69) is 35.0 Å². The molecule has 1 aromatic carbocycles. The van der Waals surface area contributed by atoms with Gasteiger partial charge in [-0.3, -0.25) is 0 Å². The van der Waals surface area contributed by atoms with Crippen molar-refractivity contribution in [2.45, 2.75) is 18.9 Å². The van der Waals surface area contributed by atoms with E-state index in [9.17, 15) is 0 Å². The SMILES string of the molecule is CC1NN=C(c2ccc(Cl)cc2)C1c1cccs1. The third-order valence-electron chi connectivity index (χ3n) is 3.17. The zero-order valence-electron chi connectivity index (χ0n) is 9.93. The Labute approximate surface area is 115 Å². The van der Waals surface area contributed by atoms with Crippen LogP contribution >= 0.6 is 22.9 Å². The van der Waals surface area contributed by atoms with Gasteiger partial charge in [-0.2, -0.15) is 5.10 Å². The first-order chi connectivity index (χ1) is 8.75. The molecule has 1 aromatic heterocycles. The molecule has 1 N–H and O–H groups in total. The summed E-state index contributed by atoms with van der Waals surface area (Å²) >= 11 is 7.71. The minimum absolute atomic E-state index is 0.325. The van der Waals surface area contributed by atoms with Gasteiger partial charge in [0.2, 0.25) is 0 Å². The summed E-state index contributed by atoms with van der Waals surface area (Å²) in [4.78, 5) is 1.35. The molecule has 0 fully saturated rings. The molecular weight excluding hydrogens is 264 g/mol. The number of hydrazone groups is 1. The van der Waals surface area contributed by atoms with Crippen molar-refractivity contribution < 1.29 is 0 Å². The number of rotatable bonds is 2. The van der Waals surface area contributed by atoms with E-state index in [4.69, 9.17) is 11.6 Å². The van der Waals surface area contributed by atoms with E-state index in [-0.39, 0.29) is 0 Å². The Kier molecular flexibility index (Phi) is 3.10. The fraction of sp³-hybridized carbons (Fsp3) is 0.214. The minimum atomic E-state index is 0.325. The van der Waals surface area contributed by atoms with E-state index in [1.54, 1.807) is 11.3 Å². The minimum Gasteiger partial charge on any atom is -0.306 e. The number of benzene rings is 1. The maximum Gasteiger partial charge on any atom is 0.0779 e. The van der Waals surface area contributed by atoms with Gasteiger partial charge in [0.15, 0.2) is 0 Å². The van der Waals surface area contributed by atoms with Crippen LogP contribution in [-0.2, 0) is 0 Å². The summed E-state index contributed by atoms with van der Waals surface area (Å²) in [6.45, 7) is 2.16. The van der Waals surface area contributed by atoms with Crippen LogP contribution in [0.5, 0.6) is 0 Å². The molecule has 0 amide bonds. The van der Waals surface area contributed by atoms with Crippen molar-refractivity contribution in [3.8, 4) is 0 Å². The first-order valence-electron chi connectivity index (χ1n) is 5.88. The Morgan fingerprint density at radius 2 is 2.00 bits per heavy atom. The van der Waals surface area contributed by atoms with Gasteiger partial charge >= 0.3 is 0 Å². The van der Waals surface area contributed by atoms with Crippen molar-refractivity contribution in [2.75, 3.05) is 0 Å². The summed E-state index contributed by atoms with van der Waals surface area (Å²) in [7, 11) is 0. The molecule has 0 saturated carbocycles. The maximum atomic E-state index is 5.93. The molecule has 1 aliphatic rings. The lowest BCUT2D eigenvalue weighted by molar-refractivity contribution is 0.594. The standard InChI is InChI=1S/C14H13ClN2S/c1-9-13(12-3-2-8-18-12)14(17-16-9)10-4-6-11(15)7-5-10/h2-9,13,16H,1H3. The molecule has 0 radical (unpaired) electrons. The van der Waals surface area contributed by atoms with Gasteiger partial charge in [-0.15, -0.1) is 11.3 Å². The molecule has 2 nitrogen and oxygen atoms in total. The van der Waals surface area contributed by atoms with Crippen molar-refractivity contribution in [1.82, 2.24) is 5.43 Å². The van der Waals surface area contributed by atoms with Crippen molar-refractivity contribution in [3.63, 3.8) is 0 Å². The number of hydrogen-bond acceptors (Lipinski definition) is 3. The Morgan fingerprint density at radius 3 is 2.67 bits per heavy atom. The Hall–Kier alpha value is -1.32. The highest BCUT2D eigenvalue weighted by Crippen LogP contribution is 2.32. The molecule has 4 heteroatoms. The van der Waals surface area contributed by atoms with Gasteiger partial charge in [-0.1, -0.05) is 29.8 Å². The molecule has 2 atom stereocenters. The second kappa shape index (κ2) is 4.75. The average molecular weight is 277 g/mol. The predicted molar refractivity (Wildman–Crippen MR) is 77.6 cm³/mol. The third kappa shape index (κ3) is 2.04. The van der Waals surface area contributed by atoms with E-state index in [0.29, 0.717) is 12.0 Å². The van der Waals surface area contributed by atoms with Crippen molar-refractivity contribution in [1.29, 1.82) is 0 Å². The van der Waals surface area contributed by atoms with Crippen LogP contribution < -0.4 is 5.43 Å². The maximum absolute atomic E-state index is 5.93. The summed E-state index contributed by atoms with van der Waals surface area (Å²) < 4.78 is 0. The highest BCUT2D eigenvalue weighted by molar-refractivity contribution is 7.10. The molecule has 2 aromatic rings. The van der Waals surface area contributed by atoms with Gasteiger partial charge in [-0.05, 0) is 36.1 Å². The summed E-state index contributed by atoms with van der Waals surface area (Å²) in [5, 5.41) is 7.35. The first kappa shape index (κ1) is 11.8.